The smallest absolute Gasteiger partial charge is 0.178 e. The molecule has 0 bridgehead atoms. The minimum absolute atomic E-state index is 0.388. The summed E-state index contributed by atoms with van der Waals surface area (Å²) in [6, 6.07) is 10.4. The summed E-state index contributed by atoms with van der Waals surface area (Å²) in [7, 11) is 1.51. The quantitative estimate of drug-likeness (QED) is 0.289. The van der Waals surface area contributed by atoms with Gasteiger partial charge in [0.25, 0.3) is 0 Å². The van der Waals surface area contributed by atoms with Crippen LogP contribution in [0, 0.1) is 5.82 Å². The summed E-state index contributed by atoms with van der Waals surface area (Å²) in [5.41, 5.74) is 6.78. The molecule has 0 aliphatic carbocycles. The predicted octanol–water partition coefficient (Wildman–Crippen LogP) is 4.88. The van der Waals surface area contributed by atoms with Crippen molar-refractivity contribution in [3.05, 3.63) is 72.6 Å². The number of methoxy groups -OCH3 is 1. The first kappa shape index (κ1) is 22.7. The zero-order valence-electron chi connectivity index (χ0n) is 20.2. The summed E-state index contributed by atoms with van der Waals surface area (Å²) in [5.74, 6) is 0.587. The van der Waals surface area contributed by atoms with E-state index in [-0.39, 0.29) is 5.82 Å². The average molecular weight is 495 g/mol. The van der Waals surface area contributed by atoms with E-state index in [1.165, 1.54) is 19.2 Å². The van der Waals surface area contributed by atoms with Crippen LogP contribution in [0.3, 0.4) is 0 Å². The van der Waals surface area contributed by atoms with Crippen LogP contribution in [-0.2, 0) is 6.54 Å². The van der Waals surface area contributed by atoms with E-state index in [4.69, 9.17) is 9.72 Å². The number of imidazole rings is 1. The lowest BCUT2D eigenvalue weighted by atomic mass is 10.1. The van der Waals surface area contributed by atoms with E-state index in [0.717, 1.165) is 46.4 Å². The third-order valence-corrected chi connectivity index (χ3v) is 6.15. The van der Waals surface area contributed by atoms with Crippen molar-refractivity contribution in [3.63, 3.8) is 0 Å². The van der Waals surface area contributed by atoms with Crippen LogP contribution in [0.1, 0.15) is 12.5 Å². The Morgan fingerprint density at radius 1 is 1.03 bits per heavy atom. The monoisotopic (exact) mass is 494 g/mol. The Hall–Kier alpha value is -4.70. The highest BCUT2D eigenvalue weighted by Gasteiger charge is 2.17. The topological polar surface area (TPSA) is 117 Å². The fourth-order valence-electron chi connectivity index (χ4n) is 4.35. The van der Waals surface area contributed by atoms with Gasteiger partial charge in [0.2, 0.25) is 0 Å². The third-order valence-electron chi connectivity index (χ3n) is 6.15. The number of halogens is 1. The minimum atomic E-state index is -0.388. The first-order valence-corrected chi connectivity index (χ1v) is 11.8. The molecule has 5 aromatic heterocycles. The second-order valence-corrected chi connectivity index (χ2v) is 8.57. The summed E-state index contributed by atoms with van der Waals surface area (Å²) in [5, 5.41) is 11.7. The number of aromatic nitrogens is 7. The molecule has 0 fully saturated rings. The van der Waals surface area contributed by atoms with Crippen LogP contribution in [0.5, 0.6) is 5.75 Å². The van der Waals surface area contributed by atoms with Gasteiger partial charge in [-0.3, -0.25) is 15.1 Å². The van der Waals surface area contributed by atoms with Gasteiger partial charge in [0, 0.05) is 47.7 Å². The van der Waals surface area contributed by atoms with Crippen molar-refractivity contribution in [1.29, 1.82) is 0 Å². The highest BCUT2D eigenvalue weighted by molar-refractivity contribution is 5.96. The minimum Gasteiger partial charge on any atom is -0.497 e. The zero-order chi connectivity index (χ0) is 25.4. The highest BCUT2D eigenvalue weighted by atomic mass is 19.1. The van der Waals surface area contributed by atoms with Crippen LogP contribution >= 0.6 is 0 Å². The number of rotatable bonds is 7. The predicted molar refractivity (Wildman–Crippen MR) is 139 cm³/mol. The van der Waals surface area contributed by atoms with E-state index in [2.05, 4.69) is 48.4 Å². The maximum Gasteiger partial charge on any atom is 0.178 e. The van der Waals surface area contributed by atoms with Gasteiger partial charge in [-0.1, -0.05) is 6.92 Å². The number of hydrogen-bond acceptors (Lipinski definition) is 7. The van der Waals surface area contributed by atoms with Gasteiger partial charge in [-0.05, 0) is 48.0 Å². The molecule has 6 rings (SSSR count). The Labute approximate surface area is 211 Å². The highest BCUT2D eigenvalue weighted by Crippen LogP contribution is 2.33. The molecule has 0 amide bonds. The number of ether oxygens (including phenoxy) is 1. The second kappa shape index (κ2) is 9.40. The van der Waals surface area contributed by atoms with Gasteiger partial charge >= 0.3 is 0 Å². The Balaban J connectivity index is 1.43. The van der Waals surface area contributed by atoms with E-state index in [1.807, 2.05) is 18.3 Å². The van der Waals surface area contributed by atoms with Crippen LogP contribution in [0.15, 0.2) is 61.2 Å². The number of benzene rings is 1. The van der Waals surface area contributed by atoms with Crippen LogP contribution in [0.4, 0.5) is 4.39 Å². The van der Waals surface area contributed by atoms with Crippen molar-refractivity contribution < 1.29 is 9.13 Å². The Bertz CT molecular complexity index is 1740. The first-order chi connectivity index (χ1) is 18.1. The molecule has 5 heterocycles. The summed E-state index contributed by atoms with van der Waals surface area (Å²) < 4.78 is 19.5. The normalized spacial score (nSPS) is 11.4. The van der Waals surface area contributed by atoms with Gasteiger partial charge in [0.05, 0.1) is 30.0 Å². The number of nitrogens with zero attached hydrogens (tertiary/aromatic N) is 5. The summed E-state index contributed by atoms with van der Waals surface area (Å²) in [4.78, 5) is 21.4. The number of fused-ring (bicyclic) bond motifs is 2. The van der Waals surface area contributed by atoms with Crippen molar-refractivity contribution in [2.24, 2.45) is 0 Å². The molecule has 0 atom stereocenters. The Morgan fingerprint density at radius 3 is 2.81 bits per heavy atom. The van der Waals surface area contributed by atoms with E-state index >= 15 is 0 Å². The number of pyridine rings is 3. The zero-order valence-corrected chi connectivity index (χ0v) is 20.2. The fourth-order valence-corrected chi connectivity index (χ4v) is 4.35. The van der Waals surface area contributed by atoms with Gasteiger partial charge < -0.3 is 15.0 Å². The van der Waals surface area contributed by atoms with Gasteiger partial charge in [-0.2, -0.15) is 5.10 Å². The molecule has 6 aromatic rings. The second-order valence-electron chi connectivity index (χ2n) is 8.57. The number of nitrogens with one attached hydrogen (secondary N) is 3. The Kier molecular flexibility index (Phi) is 5.78. The molecule has 184 valence electrons. The molecule has 0 saturated heterocycles. The lowest BCUT2D eigenvalue weighted by Crippen LogP contribution is -2.11. The standard InChI is InChI=1S/C27H23FN8O/c1-3-29-11-15-6-17(13-30-12-15)22-10-21-23(14-32-22)35-36-25(21)27-33-24-20(4-5-31-26(24)34-27)16-7-18(28)9-19(8-16)37-2/h4-10,12-14,29H,3,11H2,1-2H3,(H,35,36)(H,31,33,34). The lowest BCUT2D eigenvalue weighted by Gasteiger charge is -2.06. The maximum absolute atomic E-state index is 14.2. The molecule has 10 heteroatoms. The molecule has 3 N–H and O–H groups in total. The molecule has 0 spiro atoms. The lowest BCUT2D eigenvalue weighted by molar-refractivity contribution is 0.411. The first-order valence-electron chi connectivity index (χ1n) is 11.8. The Morgan fingerprint density at radius 2 is 1.95 bits per heavy atom. The van der Waals surface area contributed by atoms with Crippen LogP contribution in [0.25, 0.3) is 56.0 Å². The fraction of sp³-hybridized carbons (Fsp3) is 0.148. The average Bonchev–Trinajstić information content (AvgIpc) is 3.55. The molecule has 1 aromatic carbocycles. The van der Waals surface area contributed by atoms with Crippen molar-refractivity contribution in [2.45, 2.75) is 13.5 Å². The van der Waals surface area contributed by atoms with Crippen LogP contribution in [-0.4, -0.2) is 48.8 Å². The molecule has 0 aliphatic heterocycles. The summed E-state index contributed by atoms with van der Waals surface area (Å²) in [6.07, 6.45) is 7.05. The van der Waals surface area contributed by atoms with Crippen molar-refractivity contribution >= 4 is 22.1 Å². The molecular weight excluding hydrogens is 471 g/mol. The number of H-pyrrole nitrogens is 2. The van der Waals surface area contributed by atoms with Crippen LogP contribution < -0.4 is 10.1 Å². The summed E-state index contributed by atoms with van der Waals surface area (Å²) in [6.45, 7) is 3.69. The largest absolute Gasteiger partial charge is 0.497 e. The molecule has 0 unspecified atom stereocenters. The van der Waals surface area contributed by atoms with Crippen molar-refractivity contribution in [3.8, 4) is 39.7 Å². The molecule has 37 heavy (non-hydrogen) atoms. The summed E-state index contributed by atoms with van der Waals surface area (Å²) >= 11 is 0. The van der Waals surface area contributed by atoms with Crippen molar-refractivity contribution in [1.82, 2.24) is 40.4 Å². The number of hydrogen-bond donors (Lipinski definition) is 3. The molecule has 0 radical (unpaired) electrons. The van der Waals surface area contributed by atoms with Gasteiger partial charge in [-0.15, -0.1) is 0 Å². The van der Waals surface area contributed by atoms with Crippen molar-refractivity contribution in [2.75, 3.05) is 13.7 Å². The third kappa shape index (κ3) is 4.27. The van der Waals surface area contributed by atoms with E-state index in [1.54, 1.807) is 24.7 Å². The van der Waals surface area contributed by atoms with Crippen LogP contribution in [0.2, 0.25) is 0 Å². The molecule has 0 saturated carbocycles. The molecule has 0 aliphatic rings. The van der Waals surface area contributed by atoms with E-state index in [0.29, 0.717) is 34.0 Å². The van der Waals surface area contributed by atoms with E-state index < -0.39 is 0 Å². The number of aromatic amines is 2. The van der Waals surface area contributed by atoms with Gasteiger partial charge in [0.1, 0.15) is 17.3 Å². The van der Waals surface area contributed by atoms with Gasteiger partial charge in [-0.25, -0.2) is 14.4 Å². The van der Waals surface area contributed by atoms with E-state index in [9.17, 15) is 4.39 Å². The molecular formula is C27H23FN8O. The SMILES string of the molecule is CCNCc1cncc(-c2cc3c(-c4nc5nccc(-c6cc(F)cc(OC)c6)c5[nH]4)n[nH]c3cn2)c1. The maximum atomic E-state index is 14.2. The van der Waals surface area contributed by atoms with Gasteiger partial charge in [0.15, 0.2) is 11.5 Å². The molecule has 9 nitrogen and oxygen atoms in total.